The fraction of sp³-hybridized carbons (Fsp3) is 0.200. The lowest BCUT2D eigenvalue weighted by Gasteiger charge is -2.13. The van der Waals surface area contributed by atoms with E-state index in [0.717, 1.165) is 0 Å². The van der Waals surface area contributed by atoms with E-state index in [4.69, 9.17) is 4.74 Å². The van der Waals surface area contributed by atoms with E-state index in [1.54, 1.807) is 44.3 Å². The number of thiazole rings is 1. The minimum Gasteiger partial charge on any atom is -0.486 e. The second-order valence-electron chi connectivity index (χ2n) is 6.85. The molecule has 0 aliphatic heterocycles. The Morgan fingerprint density at radius 1 is 1.27 bits per heavy atom. The van der Waals surface area contributed by atoms with E-state index in [1.165, 1.54) is 23.5 Å². The van der Waals surface area contributed by atoms with Crippen LogP contribution in [0.15, 0.2) is 52.9 Å². The first-order valence-corrected chi connectivity index (χ1v) is 11.6. The first-order chi connectivity index (χ1) is 14.4. The number of aromatic amines is 1. The van der Waals surface area contributed by atoms with E-state index in [9.17, 15) is 12.8 Å². The van der Waals surface area contributed by atoms with E-state index in [0.29, 0.717) is 27.4 Å². The highest BCUT2D eigenvalue weighted by Crippen LogP contribution is 2.35. The minimum absolute atomic E-state index is 0.0544. The minimum atomic E-state index is -3.58. The van der Waals surface area contributed by atoms with E-state index < -0.39 is 20.9 Å². The summed E-state index contributed by atoms with van der Waals surface area (Å²) in [5.74, 6) is 0.307. The quantitative estimate of drug-likeness (QED) is 0.428. The van der Waals surface area contributed by atoms with Gasteiger partial charge in [0.1, 0.15) is 23.7 Å². The molecule has 0 saturated heterocycles. The van der Waals surface area contributed by atoms with Gasteiger partial charge in [0.15, 0.2) is 20.8 Å². The monoisotopic (exact) mass is 446 g/mol. The smallest absolute Gasteiger partial charge is 0.188 e. The number of nitrogens with zero attached hydrogens (tertiary/aromatic N) is 2. The van der Waals surface area contributed by atoms with Gasteiger partial charge in [0.2, 0.25) is 0 Å². The van der Waals surface area contributed by atoms with Crippen LogP contribution in [0, 0.1) is 5.82 Å². The van der Waals surface area contributed by atoms with Gasteiger partial charge in [-0.2, -0.15) is 5.10 Å². The van der Waals surface area contributed by atoms with Crippen molar-refractivity contribution in [3.05, 3.63) is 59.4 Å². The van der Waals surface area contributed by atoms with Crippen LogP contribution >= 0.6 is 11.3 Å². The van der Waals surface area contributed by atoms with Gasteiger partial charge in [-0.05, 0) is 26.0 Å². The van der Waals surface area contributed by atoms with Crippen LogP contribution in [-0.4, -0.2) is 28.8 Å². The Morgan fingerprint density at radius 2 is 2.07 bits per heavy atom. The zero-order valence-corrected chi connectivity index (χ0v) is 17.8. The van der Waals surface area contributed by atoms with E-state index >= 15 is 0 Å². The van der Waals surface area contributed by atoms with Gasteiger partial charge in [0.05, 0.1) is 10.1 Å². The summed E-state index contributed by atoms with van der Waals surface area (Å²) < 4.78 is 45.5. The number of rotatable bonds is 7. The number of benzene rings is 2. The molecule has 0 aliphatic rings. The van der Waals surface area contributed by atoms with Crippen LogP contribution in [0.4, 0.5) is 15.3 Å². The van der Waals surface area contributed by atoms with Gasteiger partial charge < -0.3 is 10.1 Å². The Labute approximate surface area is 176 Å². The van der Waals surface area contributed by atoms with Gasteiger partial charge in [-0.15, -0.1) is 11.3 Å². The van der Waals surface area contributed by atoms with E-state index in [2.05, 4.69) is 20.5 Å². The lowest BCUT2D eigenvalue weighted by atomic mass is 10.2. The molecule has 4 aromatic rings. The molecular formula is C20H19FN4O3S2. The number of hydrogen-bond donors (Lipinski definition) is 2. The number of hydrogen-bond acceptors (Lipinski definition) is 7. The van der Waals surface area contributed by atoms with Crippen molar-refractivity contribution >= 4 is 43.0 Å². The maximum absolute atomic E-state index is 14.0. The largest absolute Gasteiger partial charge is 0.486 e. The molecule has 0 atom stereocenters. The van der Waals surface area contributed by atoms with Crippen molar-refractivity contribution in [1.29, 1.82) is 0 Å². The molecule has 7 nitrogen and oxygen atoms in total. The molecule has 0 radical (unpaired) electrons. The Hall–Kier alpha value is -2.98. The number of H-pyrrole nitrogens is 1. The Balaban J connectivity index is 1.79. The summed E-state index contributed by atoms with van der Waals surface area (Å²) in [7, 11) is -3.58. The first kappa shape index (κ1) is 20.3. The van der Waals surface area contributed by atoms with Gasteiger partial charge in [-0.25, -0.2) is 17.8 Å². The highest BCUT2D eigenvalue weighted by Gasteiger charge is 2.23. The molecule has 0 fully saturated rings. The maximum atomic E-state index is 14.0. The van der Waals surface area contributed by atoms with Crippen molar-refractivity contribution in [2.24, 2.45) is 0 Å². The topological polar surface area (TPSA) is 97.0 Å². The summed E-state index contributed by atoms with van der Waals surface area (Å²) in [5, 5.41) is 12.6. The van der Waals surface area contributed by atoms with Crippen molar-refractivity contribution < 1.29 is 17.5 Å². The molecule has 4 rings (SSSR count). The predicted molar refractivity (Wildman–Crippen MR) is 115 cm³/mol. The molecule has 2 N–H and O–H groups in total. The number of aromatic nitrogens is 3. The summed E-state index contributed by atoms with van der Waals surface area (Å²) in [4.78, 5) is 4.28. The molecule has 0 aliphatic carbocycles. The summed E-state index contributed by atoms with van der Waals surface area (Å²) in [5.41, 5.74) is 0.872. The van der Waals surface area contributed by atoms with Crippen molar-refractivity contribution in [2.75, 3.05) is 5.32 Å². The highest BCUT2D eigenvalue weighted by atomic mass is 32.2. The summed E-state index contributed by atoms with van der Waals surface area (Å²) >= 11 is 1.39. The fourth-order valence-corrected chi connectivity index (χ4v) is 4.49. The average Bonchev–Trinajstić information content (AvgIpc) is 3.37. The highest BCUT2D eigenvalue weighted by molar-refractivity contribution is 7.92. The molecule has 2 aromatic heterocycles. The van der Waals surface area contributed by atoms with Crippen LogP contribution in [0.2, 0.25) is 0 Å². The molecule has 2 aromatic carbocycles. The number of ether oxygens (including phenoxy) is 1. The molecule has 0 saturated carbocycles. The van der Waals surface area contributed by atoms with E-state index in [-0.39, 0.29) is 17.3 Å². The number of nitrogens with one attached hydrogen (secondary N) is 2. The second-order valence-corrected chi connectivity index (χ2v) is 10.3. The van der Waals surface area contributed by atoms with Crippen LogP contribution in [0.25, 0.3) is 10.9 Å². The molecule has 0 unspecified atom stereocenters. The predicted octanol–water partition coefficient (Wildman–Crippen LogP) is 4.66. The van der Waals surface area contributed by atoms with Crippen molar-refractivity contribution in [1.82, 2.24) is 15.2 Å². The van der Waals surface area contributed by atoms with Crippen molar-refractivity contribution in [3.63, 3.8) is 0 Å². The lowest BCUT2D eigenvalue weighted by Crippen LogP contribution is -2.14. The number of sulfone groups is 1. The average molecular weight is 447 g/mol. The molecule has 30 heavy (non-hydrogen) atoms. The normalized spacial score (nSPS) is 11.9. The number of halogens is 1. The van der Waals surface area contributed by atoms with Crippen LogP contribution in [0.5, 0.6) is 5.75 Å². The Morgan fingerprint density at radius 3 is 2.77 bits per heavy atom. The van der Waals surface area contributed by atoms with Gasteiger partial charge >= 0.3 is 0 Å². The summed E-state index contributed by atoms with van der Waals surface area (Å²) in [6.07, 6.45) is 1.65. The summed E-state index contributed by atoms with van der Waals surface area (Å²) in [6, 6.07) is 9.27. The van der Waals surface area contributed by atoms with E-state index in [1.807, 2.05) is 5.38 Å². The third-order valence-corrected chi connectivity index (χ3v) is 7.38. The first-order valence-electron chi connectivity index (χ1n) is 9.15. The molecule has 0 bridgehead atoms. The zero-order chi connectivity index (χ0) is 21.3. The number of anilines is 2. The molecular weight excluding hydrogens is 427 g/mol. The lowest BCUT2D eigenvalue weighted by molar-refractivity contribution is 0.302. The van der Waals surface area contributed by atoms with Crippen LogP contribution < -0.4 is 10.1 Å². The molecule has 0 amide bonds. The molecule has 0 spiro atoms. The van der Waals surface area contributed by atoms with Crippen LogP contribution in [0.1, 0.15) is 19.4 Å². The van der Waals surface area contributed by atoms with Crippen molar-refractivity contribution in [2.45, 2.75) is 30.6 Å². The van der Waals surface area contributed by atoms with Crippen molar-refractivity contribution in [3.8, 4) is 5.75 Å². The van der Waals surface area contributed by atoms with Gasteiger partial charge in [0.25, 0.3) is 0 Å². The standard InChI is InChI=1S/C20H19FN4O3S2/c1-12(2)30(26,27)14-9-15-18(24-25-19(15)23-20-22-7-8-29-20)17(10-14)28-11-13-5-3-4-6-16(13)21/h3-10,12H,11H2,1-2H3,(H2,22,23,24,25). The SMILES string of the molecule is CC(C)S(=O)(=O)c1cc(OCc2ccccc2F)c2[nH]nc(Nc3nccs3)c2c1. The molecule has 156 valence electrons. The Bertz CT molecular complexity index is 1280. The van der Waals surface area contributed by atoms with Crippen LogP contribution in [-0.2, 0) is 16.4 Å². The second kappa shape index (κ2) is 8.04. The number of fused-ring (bicyclic) bond motifs is 1. The third-order valence-electron chi connectivity index (χ3n) is 4.56. The third kappa shape index (κ3) is 3.88. The van der Waals surface area contributed by atoms with Gasteiger partial charge in [-0.3, -0.25) is 5.10 Å². The van der Waals surface area contributed by atoms with Crippen LogP contribution in [0.3, 0.4) is 0 Å². The summed E-state index contributed by atoms with van der Waals surface area (Å²) in [6.45, 7) is 3.17. The molecule has 10 heteroatoms. The van der Waals surface area contributed by atoms with Gasteiger partial charge in [-0.1, -0.05) is 18.2 Å². The Kier molecular flexibility index (Phi) is 5.44. The van der Waals surface area contributed by atoms with Gasteiger partial charge in [0, 0.05) is 28.6 Å². The molecule has 2 heterocycles. The maximum Gasteiger partial charge on any atom is 0.188 e. The zero-order valence-electron chi connectivity index (χ0n) is 16.2. The fourth-order valence-electron chi connectivity index (χ4n) is 2.87.